The number of phenolic OH excluding ortho intramolecular Hbond substituents is 1. The van der Waals surface area contributed by atoms with Crippen LogP contribution in [0.5, 0.6) is 5.75 Å². The summed E-state index contributed by atoms with van der Waals surface area (Å²) in [5.74, 6) is 0.918. The maximum absolute atomic E-state index is 11.3. The van der Waals surface area contributed by atoms with Gasteiger partial charge in [-0.05, 0) is 64.3 Å². The third kappa shape index (κ3) is 4.54. The topological polar surface area (TPSA) is 64.2 Å². The van der Waals surface area contributed by atoms with Gasteiger partial charge in [0.15, 0.2) is 5.65 Å². The van der Waals surface area contributed by atoms with E-state index in [1.54, 1.807) is 6.07 Å². The molecule has 0 saturated heterocycles. The Morgan fingerprint density at radius 1 is 0.604 bits per heavy atom. The molecule has 0 radical (unpaired) electrons. The molecule has 0 bridgehead atoms. The number of phenols is 1. The summed E-state index contributed by atoms with van der Waals surface area (Å²) in [6, 6.07) is 55.2. The van der Waals surface area contributed by atoms with Crippen LogP contribution in [0.25, 0.3) is 89.8 Å². The van der Waals surface area contributed by atoms with Crippen LogP contribution in [-0.2, 0) is 21.1 Å². The number of para-hydroxylation sites is 4. The zero-order chi connectivity index (χ0) is 34.3. The zero-order valence-corrected chi connectivity index (χ0v) is 30.2. The van der Waals surface area contributed by atoms with E-state index in [4.69, 9.17) is 9.97 Å². The van der Waals surface area contributed by atoms with Crippen molar-refractivity contribution in [1.82, 2.24) is 23.5 Å². The Morgan fingerprint density at radius 2 is 1.26 bits per heavy atom. The third-order valence-electron chi connectivity index (χ3n) is 10.1. The van der Waals surface area contributed by atoms with Crippen LogP contribution in [0.2, 0.25) is 0 Å². The van der Waals surface area contributed by atoms with Crippen LogP contribution in [0.15, 0.2) is 158 Å². The number of imidazole rings is 3. The summed E-state index contributed by atoms with van der Waals surface area (Å²) in [5, 5.41) is 11.3. The predicted molar refractivity (Wildman–Crippen MR) is 203 cm³/mol. The second-order valence-electron chi connectivity index (χ2n) is 12.9. The summed E-state index contributed by atoms with van der Waals surface area (Å²) < 4.78 is 8.34. The van der Waals surface area contributed by atoms with Gasteiger partial charge in [0, 0.05) is 6.20 Å². The molecule has 252 valence electrons. The molecule has 11 rings (SSSR count). The Labute approximate surface area is 318 Å². The Hall–Kier alpha value is -6.56. The molecule has 0 saturated carbocycles. The molecule has 1 N–H and O–H groups in total. The Kier molecular flexibility index (Phi) is 7.07. The van der Waals surface area contributed by atoms with Gasteiger partial charge in [-0.2, -0.15) is 6.07 Å². The molecular weight excluding hydrogens is 836 g/mol. The molecule has 0 aliphatic carbocycles. The van der Waals surface area contributed by atoms with E-state index in [0.717, 1.165) is 84.1 Å². The van der Waals surface area contributed by atoms with Gasteiger partial charge in [0.2, 0.25) is 5.78 Å². The fourth-order valence-corrected chi connectivity index (χ4v) is 7.84. The number of pyridine rings is 1. The number of fused-ring (bicyclic) bond motifs is 13. The summed E-state index contributed by atoms with van der Waals surface area (Å²) in [6.45, 7) is 0. The fourth-order valence-electron chi connectivity index (χ4n) is 7.84. The van der Waals surface area contributed by atoms with Gasteiger partial charge < -0.3 is 9.67 Å². The maximum atomic E-state index is 11.3. The molecule has 0 atom stereocenters. The Bertz CT molecular complexity index is 3050. The first-order valence-corrected chi connectivity index (χ1v) is 17.2. The van der Waals surface area contributed by atoms with Gasteiger partial charge in [0.25, 0.3) is 6.33 Å². The van der Waals surface area contributed by atoms with E-state index in [2.05, 4.69) is 111 Å². The average Bonchev–Trinajstić information content (AvgIpc) is 3.87. The van der Waals surface area contributed by atoms with Crippen molar-refractivity contribution in [3.8, 4) is 67.6 Å². The SMILES string of the molecule is Oc1ccccc1-[n+]1[c-]n2c(c1-c1ccccc1)-c1ccccc1-c1ccccc1-c1ccc(-n3c4ncccc4n4c5ccccc5nc34)[c-]c1-2.[Pt+2]. The normalized spacial score (nSPS) is 11.7. The molecule has 0 unspecified atom stereocenters. The van der Waals surface area contributed by atoms with Crippen molar-refractivity contribution < 1.29 is 30.7 Å². The first-order chi connectivity index (χ1) is 25.7. The van der Waals surface area contributed by atoms with Crippen molar-refractivity contribution in [2.75, 3.05) is 0 Å². The van der Waals surface area contributed by atoms with Gasteiger partial charge in [-0.1, -0.05) is 114 Å². The Balaban J connectivity index is 0.00000349. The molecule has 4 aromatic heterocycles. The summed E-state index contributed by atoms with van der Waals surface area (Å²) in [6.07, 6.45) is 5.54. The largest absolute Gasteiger partial charge is 2.00 e. The third-order valence-corrected chi connectivity index (χ3v) is 10.1. The number of benzene rings is 6. The van der Waals surface area contributed by atoms with E-state index in [-0.39, 0.29) is 26.8 Å². The number of rotatable bonds is 3. The number of aromatic hydroxyl groups is 1. The van der Waals surface area contributed by atoms with Crippen LogP contribution in [-0.4, -0.2) is 28.6 Å². The van der Waals surface area contributed by atoms with E-state index < -0.39 is 0 Å². The quantitative estimate of drug-likeness (QED) is 0.143. The van der Waals surface area contributed by atoms with Crippen LogP contribution >= 0.6 is 0 Å². The minimum Gasteiger partial charge on any atom is -0.511 e. The second-order valence-corrected chi connectivity index (χ2v) is 12.9. The predicted octanol–water partition coefficient (Wildman–Crippen LogP) is 9.18. The molecule has 0 amide bonds. The van der Waals surface area contributed by atoms with Crippen molar-refractivity contribution in [2.24, 2.45) is 0 Å². The van der Waals surface area contributed by atoms with Crippen LogP contribution in [0, 0.1) is 12.4 Å². The van der Waals surface area contributed by atoms with E-state index >= 15 is 0 Å². The van der Waals surface area contributed by atoms with Gasteiger partial charge in [-0.3, -0.25) is 13.5 Å². The number of aromatic nitrogens is 6. The van der Waals surface area contributed by atoms with Gasteiger partial charge in [0.1, 0.15) is 11.4 Å². The molecule has 53 heavy (non-hydrogen) atoms. The van der Waals surface area contributed by atoms with Crippen LogP contribution in [0.4, 0.5) is 0 Å². The molecule has 6 aromatic carbocycles. The van der Waals surface area contributed by atoms with E-state index in [9.17, 15) is 5.11 Å². The van der Waals surface area contributed by atoms with Crippen LogP contribution in [0.3, 0.4) is 0 Å². The van der Waals surface area contributed by atoms with Gasteiger partial charge in [0.05, 0.1) is 27.9 Å². The van der Waals surface area contributed by atoms with E-state index in [1.807, 2.05) is 71.4 Å². The average molecular weight is 863 g/mol. The zero-order valence-electron chi connectivity index (χ0n) is 28.0. The van der Waals surface area contributed by atoms with Crippen LogP contribution in [0.1, 0.15) is 0 Å². The minimum absolute atomic E-state index is 0. The Morgan fingerprint density at radius 3 is 2.08 bits per heavy atom. The van der Waals surface area contributed by atoms with Crippen molar-refractivity contribution >= 4 is 28.0 Å². The van der Waals surface area contributed by atoms with Gasteiger partial charge in [-0.15, -0.1) is 17.7 Å². The summed E-state index contributed by atoms with van der Waals surface area (Å²) in [7, 11) is 0. The molecule has 5 heterocycles. The van der Waals surface area contributed by atoms with E-state index in [0.29, 0.717) is 5.69 Å². The van der Waals surface area contributed by atoms with Gasteiger partial charge >= 0.3 is 21.1 Å². The van der Waals surface area contributed by atoms with E-state index in [1.165, 1.54) is 0 Å². The minimum atomic E-state index is 0. The molecule has 0 spiro atoms. The summed E-state index contributed by atoms with van der Waals surface area (Å²) >= 11 is 0. The summed E-state index contributed by atoms with van der Waals surface area (Å²) in [4.78, 5) is 9.98. The monoisotopic (exact) mass is 862 g/mol. The van der Waals surface area contributed by atoms with Crippen molar-refractivity contribution in [2.45, 2.75) is 0 Å². The number of hydrogen-bond donors (Lipinski definition) is 1. The second kappa shape index (κ2) is 12.0. The maximum Gasteiger partial charge on any atom is 2.00 e. The molecule has 1 aliphatic heterocycles. The van der Waals surface area contributed by atoms with Crippen molar-refractivity contribution in [3.05, 3.63) is 170 Å². The van der Waals surface area contributed by atoms with Crippen molar-refractivity contribution in [1.29, 1.82) is 0 Å². The molecule has 1 aliphatic rings. The summed E-state index contributed by atoms with van der Waals surface area (Å²) in [5.41, 5.74) is 14.1. The molecule has 10 aromatic rings. The van der Waals surface area contributed by atoms with Crippen LogP contribution < -0.4 is 4.57 Å². The first-order valence-electron chi connectivity index (χ1n) is 17.2. The molecule has 8 heteroatoms. The molecule has 0 fully saturated rings. The number of nitrogens with zero attached hydrogens (tertiary/aromatic N) is 6. The molecule has 7 nitrogen and oxygen atoms in total. The van der Waals surface area contributed by atoms with Gasteiger partial charge in [-0.25, -0.2) is 9.97 Å². The standard InChI is InChI=1S/C45H27N6O.Pt/c52-41-23-11-10-21-38(41)48-28-49-40-27-30(50-44-39(22-12-26-46-44)51-37-20-9-8-19-36(37)47-45(50)51)24-25-34(40)32-16-5-4-15-31(32)33-17-6-7-18-35(33)43(49)42(48)29-13-2-1-3-14-29;/h1-26,52H;/q-1;+2. The fraction of sp³-hybridized carbons (Fsp3) is 0. The molecular formula is C45H27N6OPt+. The smallest absolute Gasteiger partial charge is 0.511 e. The first kappa shape index (κ1) is 31.2. The van der Waals surface area contributed by atoms with Crippen molar-refractivity contribution in [3.63, 3.8) is 0 Å². The number of hydrogen-bond acceptors (Lipinski definition) is 3.